The Morgan fingerprint density at radius 3 is 1.73 bits per heavy atom. The van der Waals surface area contributed by atoms with Gasteiger partial charge in [0.15, 0.2) is 0 Å². The molecule has 1 aliphatic rings. The Labute approximate surface area is 98.0 Å². The summed E-state index contributed by atoms with van der Waals surface area (Å²) < 4.78 is 0. The lowest BCUT2D eigenvalue weighted by Gasteiger charge is -2.40. The molecule has 1 rings (SSSR count). The van der Waals surface area contributed by atoms with E-state index in [-0.39, 0.29) is 7.92 Å². The molecule has 0 nitrogen and oxygen atoms in total. The van der Waals surface area contributed by atoms with Crippen molar-refractivity contribution in [2.75, 3.05) is 13.3 Å². The highest BCUT2D eigenvalue weighted by molar-refractivity contribution is 7.57. The Hall–Kier alpha value is 0.430. The Kier molecular flexibility index (Phi) is 4.65. The van der Waals surface area contributed by atoms with E-state index in [1.807, 2.05) is 0 Å². The van der Waals surface area contributed by atoms with Crippen molar-refractivity contribution in [2.45, 2.75) is 70.9 Å². The molecular formula is C14H29P. The molecule has 15 heavy (non-hydrogen) atoms. The summed E-state index contributed by atoms with van der Waals surface area (Å²) in [6, 6.07) is 0. The van der Waals surface area contributed by atoms with E-state index in [9.17, 15) is 0 Å². The smallest absolute Gasteiger partial charge is 0.0128 e. The van der Waals surface area contributed by atoms with Crippen LogP contribution in [0.25, 0.3) is 0 Å². The largest absolute Gasteiger partial charge is 0.107 e. The molecule has 0 spiro atoms. The van der Waals surface area contributed by atoms with Gasteiger partial charge in [-0.25, -0.2) is 0 Å². The Bertz CT molecular complexity index is 186. The lowest BCUT2D eigenvalue weighted by atomic mass is 9.74. The van der Waals surface area contributed by atoms with Crippen molar-refractivity contribution in [1.82, 2.24) is 0 Å². The first kappa shape index (κ1) is 13.5. The minimum absolute atomic E-state index is 0.235. The van der Waals surface area contributed by atoms with Crippen LogP contribution in [0, 0.1) is 5.41 Å². The van der Waals surface area contributed by atoms with E-state index in [4.69, 9.17) is 0 Å². The first-order valence-corrected chi connectivity index (χ1v) is 8.83. The summed E-state index contributed by atoms with van der Waals surface area (Å²) in [5, 5.41) is 0.685. The molecule has 0 N–H and O–H groups in total. The van der Waals surface area contributed by atoms with Gasteiger partial charge in [-0.15, -0.1) is 7.92 Å². The predicted octanol–water partition coefficient (Wildman–Crippen LogP) is 5.26. The first-order chi connectivity index (χ1) is 6.92. The highest BCUT2D eigenvalue weighted by Crippen LogP contribution is 2.52. The van der Waals surface area contributed by atoms with Crippen LogP contribution in [0.1, 0.15) is 65.7 Å². The van der Waals surface area contributed by atoms with Gasteiger partial charge >= 0.3 is 0 Å². The lowest BCUT2D eigenvalue weighted by Crippen LogP contribution is -2.27. The summed E-state index contributed by atoms with van der Waals surface area (Å²) in [6.07, 6.45) is 10.2. The van der Waals surface area contributed by atoms with Gasteiger partial charge in [0.25, 0.3) is 0 Å². The van der Waals surface area contributed by atoms with Crippen LogP contribution in [-0.4, -0.2) is 18.5 Å². The van der Waals surface area contributed by atoms with E-state index in [2.05, 4.69) is 34.1 Å². The van der Waals surface area contributed by atoms with E-state index in [1.54, 1.807) is 0 Å². The average molecular weight is 228 g/mol. The molecule has 0 unspecified atom stereocenters. The van der Waals surface area contributed by atoms with Crippen LogP contribution in [0.15, 0.2) is 0 Å². The number of hydrogen-bond donors (Lipinski definition) is 0. The van der Waals surface area contributed by atoms with Gasteiger partial charge in [0, 0.05) is 0 Å². The average Bonchev–Trinajstić information content (AvgIpc) is 2.15. The highest BCUT2D eigenvalue weighted by atomic mass is 31.1. The molecule has 1 heteroatoms. The third kappa shape index (κ3) is 3.45. The fourth-order valence-electron chi connectivity index (χ4n) is 2.84. The van der Waals surface area contributed by atoms with E-state index in [1.165, 1.54) is 44.9 Å². The van der Waals surface area contributed by atoms with Crippen LogP contribution in [-0.2, 0) is 0 Å². The second-order valence-electron chi connectivity index (χ2n) is 6.26. The molecule has 0 aromatic heterocycles. The second kappa shape index (κ2) is 5.17. The normalized spacial score (nSPS) is 38.8. The number of rotatable bonds is 2. The highest BCUT2D eigenvalue weighted by Gasteiger charge is 2.32. The SMILES string of the molecule is CCC1(C)CCCC(C)(P(C)C)CCC1. The monoisotopic (exact) mass is 228 g/mol. The molecule has 0 saturated heterocycles. The van der Waals surface area contributed by atoms with E-state index >= 15 is 0 Å². The number of hydrogen-bond acceptors (Lipinski definition) is 0. The van der Waals surface area contributed by atoms with Crippen molar-refractivity contribution in [3.63, 3.8) is 0 Å². The van der Waals surface area contributed by atoms with Crippen molar-refractivity contribution in [3.8, 4) is 0 Å². The fourth-order valence-corrected chi connectivity index (χ4v) is 4.05. The molecule has 0 heterocycles. The summed E-state index contributed by atoms with van der Waals surface area (Å²) in [4.78, 5) is 0. The van der Waals surface area contributed by atoms with Crippen LogP contribution in [0.4, 0.5) is 0 Å². The molecule has 0 bridgehead atoms. The Morgan fingerprint density at radius 1 is 0.933 bits per heavy atom. The van der Waals surface area contributed by atoms with Gasteiger partial charge < -0.3 is 0 Å². The van der Waals surface area contributed by atoms with Gasteiger partial charge in [-0.1, -0.05) is 40.0 Å². The maximum atomic E-state index is 2.54. The Balaban J connectivity index is 2.57. The van der Waals surface area contributed by atoms with Crippen LogP contribution >= 0.6 is 7.92 Å². The van der Waals surface area contributed by atoms with Crippen molar-refractivity contribution in [3.05, 3.63) is 0 Å². The van der Waals surface area contributed by atoms with Gasteiger partial charge in [-0.3, -0.25) is 0 Å². The first-order valence-electron chi connectivity index (χ1n) is 6.59. The van der Waals surface area contributed by atoms with Crippen LogP contribution in [0.3, 0.4) is 0 Å². The molecule has 1 aliphatic carbocycles. The zero-order chi connectivity index (χ0) is 11.5. The third-order valence-electron chi connectivity index (χ3n) is 4.92. The van der Waals surface area contributed by atoms with Crippen LogP contribution in [0.5, 0.6) is 0 Å². The predicted molar refractivity (Wildman–Crippen MR) is 73.3 cm³/mol. The van der Waals surface area contributed by atoms with Gasteiger partial charge in [0.2, 0.25) is 0 Å². The quantitative estimate of drug-likeness (QED) is 0.566. The van der Waals surface area contributed by atoms with Crippen molar-refractivity contribution in [2.24, 2.45) is 5.41 Å². The van der Waals surface area contributed by atoms with Crippen LogP contribution < -0.4 is 0 Å². The van der Waals surface area contributed by atoms with Gasteiger partial charge in [0.1, 0.15) is 0 Å². The summed E-state index contributed by atoms with van der Waals surface area (Å²) in [5.74, 6) is 0. The van der Waals surface area contributed by atoms with E-state index in [0.29, 0.717) is 10.6 Å². The summed E-state index contributed by atoms with van der Waals surface area (Å²) in [7, 11) is 0.235. The summed E-state index contributed by atoms with van der Waals surface area (Å²) in [5.41, 5.74) is 0.658. The second-order valence-corrected chi connectivity index (χ2v) is 9.13. The molecule has 1 saturated carbocycles. The van der Waals surface area contributed by atoms with Crippen molar-refractivity contribution >= 4 is 7.92 Å². The van der Waals surface area contributed by atoms with Crippen molar-refractivity contribution in [1.29, 1.82) is 0 Å². The zero-order valence-corrected chi connectivity index (χ0v) is 12.3. The van der Waals surface area contributed by atoms with E-state index in [0.717, 1.165) is 0 Å². The summed E-state index contributed by atoms with van der Waals surface area (Å²) >= 11 is 0. The molecule has 0 aliphatic heterocycles. The molecule has 0 amide bonds. The molecule has 90 valence electrons. The zero-order valence-electron chi connectivity index (χ0n) is 11.4. The fraction of sp³-hybridized carbons (Fsp3) is 1.00. The van der Waals surface area contributed by atoms with Crippen molar-refractivity contribution < 1.29 is 0 Å². The lowest BCUT2D eigenvalue weighted by molar-refractivity contribution is 0.217. The topological polar surface area (TPSA) is 0 Å². The minimum Gasteiger partial charge on any atom is -0.107 e. The van der Waals surface area contributed by atoms with Gasteiger partial charge in [-0.2, -0.15) is 0 Å². The van der Waals surface area contributed by atoms with Gasteiger partial charge in [0.05, 0.1) is 0 Å². The molecule has 1 fully saturated rings. The molecule has 0 radical (unpaired) electrons. The molecule has 0 aromatic carbocycles. The van der Waals surface area contributed by atoms with Crippen LogP contribution in [0.2, 0.25) is 0 Å². The molecule has 0 aromatic rings. The van der Waals surface area contributed by atoms with Gasteiger partial charge in [-0.05, 0) is 49.6 Å². The molecular weight excluding hydrogens is 199 g/mol. The molecule has 0 atom stereocenters. The third-order valence-corrected chi connectivity index (χ3v) is 7.53. The minimum atomic E-state index is 0.235. The van der Waals surface area contributed by atoms with E-state index < -0.39 is 0 Å². The Morgan fingerprint density at radius 2 is 1.40 bits per heavy atom. The summed E-state index contributed by atoms with van der Waals surface area (Å²) in [6.45, 7) is 12.3. The maximum absolute atomic E-state index is 2.54. The standard InChI is InChI=1S/C14H29P/c1-6-13(2)9-7-11-14(3,15(4)5)12-8-10-13/h6-12H2,1-5H3. The maximum Gasteiger partial charge on any atom is -0.0128 e.